The minimum Gasteiger partial charge on any atom is -0.381 e. The number of pyridine rings is 1. The van der Waals surface area contributed by atoms with Gasteiger partial charge in [-0.15, -0.1) is 0 Å². The SMILES string of the molecule is CC(C)CC(OC[SiH2]c1ccccn1)C1CCCCC1. The fourth-order valence-corrected chi connectivity index (χ4v) is 4.40. The van der Waals surface area contributed by atoms with Crippen molar-refractivity contribution in [1.82, 2.24) is 4.98 Å². The number of aromatic nitrogens is 1. The number of rotatable bonds is 7. The molecule has 2 rings (SSSR count). The molecule has 0 amide bonds. The Morgan fingerprint density at radius 1 is 1.25 bits per heavy atom. The van der Waals surface area contributed by atoms with Crippen molar-refractivity contribution in [3.63, 3.8) is 0 Å². The number of hydrogen-bond donors (Lipinski definition) is 0. The Kier molecular flexibility index (Phi) is 6.74. The molecular weight excluding hydrogens is 262 g/mol. The highest BCUT2D eigenvalue weighted by atomic mass is 28.2. The van der Waals surface area contributed by atoms with E-state index in [-0.39, 0.29) is 9.52 Å². The van der Waals surface area contributed by atoms with Crippen molar-refractivity contribution < 1.29 is 4.74 Å². The summed E-state index contributed by atoms with van der Waals surface area (Å²) in [6.45, 7) is 4.63. The Morgan fingerprint density at radius 3 is 2.70 bits per heavy atom. The standard InChI is InChI=1S/C17H29NOSi/c1-14(2)12-16(15-8-4-3-5-9-15)19-13-20-17-10-6-7-11-18-17/h6-7,10-11,14-16H,3-5,8-9,12-13,20H2,1-2H3. The third-order valence-electron chi connectivity index (χ3n) is 4.30. The van der Waals surface area contributed by atoms with E-state index in [9.17, 15) is 0 Å². The van der Waals surface area contributed by atoms with Gasteiger partial charge in [-0.3, -0.25) is 4.98 Å². The molecule has 1 aromatic rings. The highest BCUT2D eigenvalue weighted by Crippen LogP contribution is 2.30. The molecule has 1 heterocycles. The maximum absolute atomic E-state index is 6.32. The maximum atomic E-state index is 6.32. The summed E-state index contributed by atoms with van der Waals surface area (Å²) in [7, 11) is -0.357. The van der Waals surface area contributed by atoms with E-state index in [2.05, 4.69) is 31.0 Å². The molecule has 3 heteroatoms. The van der Waals surface area contributed by atoms with E-state index in [1.54, 1.807) is 0 Å². The molecule has 1 saturated carbocycles. The Bertz CT molecular complexity index is 363. The van der Waals surface area contributed by atoms with E-state index in [1.807, 2.05) is 12.3 Å². The van der Waals surface area contributed by atoms with Gasteiger partial charge < -0.3 is 4.74 Å². The molecule has 20 heavy (non-hydrogen) atoms. The normalized spacial score (nSPS) is 18.9. The summed E-state index contributed by atoms with van der Waals surface area (Å²) in [5.41, 5.74) is 0. The molecule has 0 radical (unpaired) electrons. The van der Waals surface area contributed by atoms with Crippen molar-refractivity contribution in [3.8, 4) is 0 Å². The van der Waals surface area contributed by atoms with Gasteiger partial charge in [0.2, 0.25) is 0 Å². The van der Waals surface area contributed by atoms with Crippen LogP contribution in [0, 0.1) is 11.8 Å². The van der Waals surface area contributed by atoms with Crippen molar-refractivity contribution in [2.75, 3.05) is 6.23 Å². The lowest BCUT2D eigenvalue weighted by Crippen LogP contribution is -2.32. The second-order valence-electron chi connectivity index (χ2n) is 6.51. The molecule has 1 aromatic heterocycles. The fraction of sp³-hybridized carbons (Fsp3) is 0.706. The van der Waals surface area contributed by atoms with Crippen LogP contribution < -0.4 is 5.32 Å². The number of nitrogens with zero attached hydrogens (tertiary/aromatic N) is 1. The minimum absolute atomic E-state index is 0.357. The first-order chi connectivity index (χ1) is 9.75. The van der Waals surface area contributed by atoms with Gasteiger partial charge in [-0.05, 0) is 43.2 Å². The molecule has 0 saturated heterocycles. The van der Waals surface area contributed by atoms with Gasteiger partial charge in [0.25, 0.3) is 0 Å². The molecule has 0 aliphatic heterocycles. The van der Waals surface area contributed by atoms with E-state index in [4.69, 9.17) is 4.74 Å². The predicted octanol–water partition coefficient (Wildman–Crippen LogP) is 2.84. The quantitative estimate of drug-likeness (QED) is 0.721. The van der Waals surface area contributed by atoms with Crippen molar-refractivity contribution in [3.05, 3.63) is 24.4 Å². The molecule has 1 aliphatic rings. The molecular formula is C17H29NOSi. The van der Waals surface area contributed by atoms with Gasteiger partial charge in [0.05, 0.1) is 6.10 Å². The third-order valence-corrected chi connectivity index (χ3v) is 5.67. The van der Waals surface area contributed by atoms with Crippen LogP contribution in [-0.2, 0) is 4.74 Å². The molecule has 1 fully saturated rings. The molecule has 0 N–H and O–H groups in total. The second kappa shape index (κ2) is 8.58. The van der Waals surface area contributed by atoms with E-state index in [0.29, 0.717) is 6.10 Å². The Hall–Kier alpha value is -0.673. The third kappa shape index (κ3) is 5.37. The van der Waals surface area contributed by atoms with E-state index >= 15 is 0 Å². The highest BCUT2D eigenvalue weighted by molar-refractivity contribution is 6.52. The Morgan fingerprint density at radius 2 is 2.05 bits per heavy atom. The highest BCUT2D eigenvalue weighted by Gasteiger charge is 2.24. The zero-order valence-electron chi connectivity index (χ0n) is 13.1. The van der Waals surface area contributed by atoms with Gasteiger partial charge in [-0.1, -0.05) is 39.2 Å². The first-order valence-corrected chi connectivity index (χ1v) is 9.98. The van der Waals surface area contributed by atoms with Crippen molar-refractivity contribution in [2.24, 2.45) is 11.8 Å². The molecule has 2 nitrogen and oxygen atoms in total. The van der Waals surface area contributed by atoms with Gasteiger partial charge in [0, 0.05) is 17.7 Å². The molecule has 1 aliphatic carbocycles. The lowest BCUT2D eigenvalue weighted by atomic mass is 9.82. The largest absolute Gasteiger partial charge is 0.381 e. The zero-order valence-corrected chi connectivity index (χ0v) is 14.5. The van der Waals surface area contributed by atoms with Gasteiger partial charge in [0.15, 0.2) is 0 Å². The molecule has 0 spiro atoms. The Labute approximate surface area is 126 Å². The van der Waals surface area contributed by atoms with Crippen molar-refractivity contribution in [1.29, 1.82) is 0 Å². The summed E-state index contributed by atoms with van der Waals surface area (Å²) in [6.07, 6.45) is 11.5. The van der Waals surface area contributed by atoms with Gasteiger partial charge in [-0.25, -0.2) is 0 Å². The summed E-state index contributed by atoms with van der Waals surface area (Å²) < 4.78 is 6.32. The van der Waals surface area contributed by atoms with Crippen LogP contribution in [0.25, 0.3) is 0 Å². The van der Waals surface area contributed by atoms with E-state index in [1.165, 1.54) is 43.8 Å². The van der Waals surface area contributed by atoms with Gasteiger partial charge in [-0.2, -0.15) is 0 Å². The predicted molar refractivity (Wildman–Crippen MR) is 88.2 cm³/mol. The fourth-order valence-electron chi connectivity index (χ4n) is 3.23. The summed E-state index contributed by atoms with van der Waals surface area (Å²) >= 11 is 0. The van der Waals surface area contributed by atoms with E-state index < -0.39 is 0 Å². The molecule has 1 atom stereocenters. The summed E-state index contributed by atoms with van der Waals surface area (Å²) in [6, 6.07) is 6.22. The summed E-state index contributed by atoms with van der Waals surface area (Å²) in [5, 5.41) is 1.28. The van der Waals surface area contributed by atoms with Gasteiger partial charge in [0.1, 0.15) is 9.52 Å². The molecule has 0 bridgehead atoms. The Balaban J connectivity index is 1.80. The molecule has 1 unspecified atom stereocenters. The smallest absolute Gasteiger partial charge is 0.108 e. The van der Waals surface area contributed by atoms with Crippen LogP contribution in [0.2, 0.25) is 0 Å². The van der Waals surface area contributed by atoms with Gasteiger partial charge >= 0.3 is 0 Å². The van der Waals surface area contributed by atoms with Crippen LogP contribution in [0.1, 0.15) is 52.4 Å². The van der Waals surface area contributed by atoms with Crippen LogP contribution in [0.4, 0.5) is 0 Å². The van der Waals surface area contributed by atoms with Crippen LogP contribution in [0.5, 0.6) is 0 Å². The lowest BCUT2D eigenvalue weighted by Gasteiger charge is -2.31. The van der Waals surface area contributed by atoms with Crippen molar-refractivity contribution in [2.45, 2.75) is 58.5 Å². The summed E-state index contributed by atoms with van der Waals surface area (Å²) in [5.74, 6) is 1.54. The second-order valence-corrected chi connectivity index (χ2v) is 8.14. The summed E-state index contributed by atoms with van der Waals surface area (Å²) in [4.78, 5) is 4.43. The maximum Gasteiger partial charge on any atom is 0.108 e. The van der Waals surface area contributed by atoms with E-state index in [0.717, 1.165) is 18.1 Å². The number of ether oxygens (including phenoxy) is 1. The van der Waals surface area contributed by atoms with Crippen LogP contribution in [-0.4, -0.2) is 26.8 Å². The monoisotopic (exact) mass is 291 g/mol. The topological polar surface area (TPSA) is 22.1 Å². The first kappa shape index (κ1) is 15.7. The first-order valence-electron chi connectivity index (χ1n) is 8.27. The van der Waals surface area contributed by atoms with Crippen LogP contribution in [0.15, 0.2) is 24.4 Å². The average Bonchev–Trinajstić information content (AvgIpc) is 2.48. The zero-order chi connectivity index (χ0) is 14.2. The van der Waals surface area contributed by atoms with Crippen LogP contribution >= 0.6 is 0 Å². The lowest BCUT2D eigenvalue weighted by molar-refractivity contribution is 0.0105. The molecule has 0 aromatic carbocycles. The molecule has 112 valence electrons. The van der Waals surface area contributed by atoms with Crippen LogP contribution in [0.3, 0.4) is 0 Å². The minimum atomic E-state index is -0.357. The van der Waals surface area contributed by atoms with Crippen molar-refractivity contribution >= 4 is 14.8 Å². The average molecular weight is 292 g/mol. The number of hydrogen-bond acceptors (Lipinski definition) is 2.